The summed E-state index contributed by atoms with van der Waals surface area (Å²) in [6.45, 7) is 0. The first-order chi connectivity index (χ1) is 13.3. The van der Waals surface area contributed by atoms with Crippen LogP contribution in [0.2, 0.25) is 0 Å². The maximum atomic E-state index is 13.3. The van der Waals surface area contributed by atoms with E-state index in [-0.39, 0.29) is 17.9 Å². The van der Waals surface area contributed by atoms with Crippen molar-refractivity contribution >= 4 is 11.9 Å². The van der Waals surface area contributed by atoms with Crippen molar-refractivity contribution in [2.24, 2.45) is 17.3 Å². The quantitative estimate of drug-likeness (QED) is 0.762. The normalized spacial score (nSPS) is 36.8. The molecule has 150 valence electrons. The molecule has 1 amide bonds. The van der Waals surface area contributed by atoms with Crippen LogP contribution in [0, 0.1) is 23.1 Å². The fourth-order valence-electron chi connectivity index (χ4n) is 6.10. The molecule has 3 atom stereocenters. The Morgan fingerprint density at radius 1 is 1.11 bits per heavy atom. The van der Waals surface area contributed by atoms with Gasteiger partial charge in [0, 0.05) is 11.6 Å². The zero-order valence-electron chi connectivity index (χ0n) is 15.8. The van der Waals surface area contributed by atoms with E-state index in [1.807, 2.05) is 0 Å². The zero-order chi connectivity index (χ0) is 19.5. The van der Waals surface area contributed by atoms with E-state index in [1.54, 1.807) is 0 Å². The largest absolute Gasteiger partial charge is 0.447 e. The van der Waals surface area contributed by atoms with Gasteiger partial charge in [-0.2, -0.15) is 0 Å². The first kappa shape index (κ1) is 18.1. The fourth-order valence-corrected chi connectivity index (χ4v) is 6.10. The van der Waals surface area contributed by atoms with Crippen LogP contribution in [-0.2, 0) is 14.3 Å². The Bertz CT molecular complexity index is 789. The van der Waals surface area contributed by atoms with Crippen molar-refractivity contribution in [3.05, 3.63) is 35.6 Å². The van der Waals surface area contributed by atoms with Crippen molar-refractivity contribution in [1.82, 2.24) is 5.32 Å². The summed E-state index contributed by atoms with van der Waals surface area (Å²) in [6.07, 6.45) is 5.25. The number of ether oxygens (including phenoxy) is 1. The summed E-state index contributed by atoms with van der Waals surface area (Å²) in [5.74, 6) is -0.447. The topological polar surface area (TPSA) is 75.6 Å². The summed E-state index contributed by atoms with van der Waals surface area (Å²) in [6, 6.07) is 5.66. The number of esters is 1. The van der Waals surface area contributed by atoms with Gasteiger partial charge in [0.05, 0.1) is 11.0 Å². The van der Waals surface area contributed by atoms with Crippen molar-refractivity contribution in [3.8, 4) is 0 Å². The van der Waals surface area contributed by atoms with Crippen LogP contribution in [0.1, 0.15) is 63.0 Å². The van der Waals surface area contributed by atoms with Gasteiger partial charge in [0.2, 0.25) is 6.10 Å². The smallest absolute Gasteiger partial charge is 0.313 e. The second-order valence-electron chi connectivity index (χ2n) is 9.59. The van der Waals surface area contributed by atoms with Gasteiger partial charge in [0.15, 0.2) is 0 Å². The van der Waals surface area contributed by atoms with Gasteiger partial charge in [-0.3, -0.25) is 9.59 Å². The van der Waals surface area contributed by atoms with E-state index in [0.717, 1.165) is 44.9 Å². The molecule has 0 saturated heterocycles. The Hall–Kier alpha value is -1.95. The lowest BCUT2D eigenvalue weighted by molar-refractivity contribution is -0.201. The predicted molar refractivity (Wildman–Crippen MR) is 98.5 cm³/mol. The summed E-state index contributed by atoms with van der Waals surface area (Å²) in [4.78, 5) is 26.1. The molecule has 0 aromatic heterocycles. The van der Waals surface area contributed by atoms with Gasteiger partial charge >= 0.3 is 5.97 Å². The summed E-state index contributed by atoms with van der Waals surface area (Å²) in [7, 11) is 0. The minimum Gasteiger partial charge on any atom is -0.447 e. The van der Waals surface area contributed by atoms with Crippen LogP contribution in [-0.4, -0.2) is 28.6 Å². The minimum atomic E-state index is -1.09. The fraction of sp³-hybridized carbons (Fsp3) is 0.636. The van der Waals surface area contributed by atoms with Crippen LogP contribution in [0.15, 0.2) is 24.3 Å². The highest BCUT2D eigenvalue weighted by Gasteiger charge is 2.61. The molecule has 5 fully saturated rings. The molecular formula is C22H26FNO4. The molecule has 0 heterocycles. The lowest BCUT2D eigenvalue weighted by Crippen LogP contribution is -2.58. The molecule has 5 aliphatic carbocycles. The Labute approximate surface area is 163 Å². The predicted octanol–water partition coefficient (Wildman–Crippen LogP) is 3.02. The highest BCUT2D eigenvalue weighted by molar-refractivity contribution is 5.87. The number of hydrogen-bond donors (Lipinski definition) is 2. The number of nitrogens with one attached hydrogen (secondary N) is 1. The van der Waals surface area contributed by atoms with E-state index in [4.69, 9.17) is 4.74 Å². The first-order valence-corrected chi connectivity index (χ1v) is 10.3. The van der Waals surface area contributed by atoms with Crippen LogP contribution < -0.4 is 5.32 Å². The molecule has 1 aromatic rings. The van der Waals surface area contributed by atoms with Gasteiger partial charge in [-0.05, 0) is 75.3 Å². The van der Waals surface area contributed by atoms with Crippen LogP contribution in [0.25, 0.3) is 0 Å². The third kappa shape index (κ3) is 3.21. The van der Waals surface area contributed by atoms with E-state index in [1.165, 1.54) is 24.3 Å². The van der Waals surface area contributed by atoms with E-state index in [2.05, 4.69) is 5.32 Å². The number of carbonyl (C=O) groups is 2. The molecule has 5 aliphatic rings. The molecule has 0 radical (unpaired) electrons. The molecule has 3 unspecified atom stereocenters. The van der Waals surface area contributed by atoms with E-state index in [0.29, 0.717) is 23.8 Å². The van der Waals surface area contributed by atoms with Crippen LogP contribution in [0.3, 0.4) is 0 Å². The maximum absolute atomic E-state index is 13.3. The van der Waals surface area contributed by atoms with Crippen molar-refractivity contribution in [2.45, 2.75) is 69.1 Å². The average Bonchev–Trinajstić information content (AvgIpc) is 3.42. The molecule has 0 aliphatic heterocycles. The van der Waals surface area contributed by atoms with Gasteiger partial charge in [-0.15, -0.1) is 0 Å². The van der Waals surface area contributed by atoms with E-state index >= 15 is 0 Å². The molecule has 0 spiro atoms. The number of amides is 1. The van der Waals surface area contributed by atoms with Crippen molar-refractivity contribution in [1.29, 1.82) is 0 Å². The van der Waals surface area contributed by atoms with Crippen LogP contribution in [0.4, 0.5) is 4.39 Å². The van der Waals surface area contributed by atoms with Gasteiger partial charge < -0.3 is 15.2 Å². The summed E-state index contributed by atoms with van der Waals surface area (Å²) in [5.41, 5.74) is -1.00. The monoisotopic (exact) mass is 387 g/mol. The van der Waals surface area contributed by atoms with Crippen molar-refractivity contribution in [3.63, 3.8) is 0 Å². The maximum Gasteiger partial charge on any atom is 0.313 e. The summed E-state index contributed by atoms with van der Waals surface area (Å²) < 4.78 is 19.2. The molecule has 28 heavy (non-hydrogen) atoms. The standard InChI is InChI=1S/C22H26FNO4/c23-16-3-1-15(2-4-16)18(19(25)24-17-5-6-17)28-20(26)21-8-13-7-14(9-21)11-22(27,10-13)12-21/h1-4,13-14,17-18,27H,5-12H2,(H,24,25). The van der Waals surface area contributed by atoms with Crippen molar-refractivity contribution < 1.29 is 23.8 Å². The third-order valence-electron chi connectivity index (χ3n) is 7.02. The van der Waals surface area contributed by atoms with Gasteiger partial charge in [-0.25, -0.2) is 4.39 Å². The molecule has 2 N–H and O–H groups in total. The van der Waals surface area contributed by atoms with Gasteiger partial charge in [0.25, 0.3) is 5.91 Å². The van der Waals surface area contributed by atoms with Gasteiger partial charge in [0.1, 0.15) is 5.82 Å². The van der Waals surface area contributed by atoms with Crippen LogP contribution in [0.5, 0.6) is 0 Å². The number of benzene rings is 1. The summed E-state index contributed by atoms with van der Waals surface area (Å²) >= 11 is 0. The summed E-state index contributed by atoms with van der Waals surface area (Å²) in [5, 5.41) is 13.8. The lowest BCUT2D eigenvalue weighted by atomic mass is 9.48. The molecule has 5 nitrogen and oxygen atoms in total. The second kappa shape index (κ2) is 6.28. The van der Waals surface area contributed by atoms with Gasteiger partial charge in [-0.1, -0.05) is 12.1 Å². The molecule has 4 bridgehead atoms. The number of carbonyl (C=O) groups excluding carboxylic acids is 2. The lowest BCUT2D eigenvalue weighted by Gasteiger charge is -2.58. The number of aliphatic hydroxyl groups is 1. The number of hydrogen-bond acceptors (Lipinski definition) is 4. The van der Waals surface area contributed by atoms with E-state index < -0.39 is 22.9 Å². The zero-order valence-corrected chi connectivity index (χ0v) is 15.8. The molecular weight excluding hydrogens is 361 g/mol. The highest BCUT2D eigenvalue weighted by Crippen LogP contribution is 2.62. The first-order valence-electron chi connectivity index (χ1n) is 10.3. The Kier molecular flexibility index (Phi) is 4.06. The van der Waals surface area contributed by atoms with Crippen LogP contribution >= 0.6 is 0 Å². The Morgan fingerprint density at radius 3 is 2.32 bits per heavy atom. The number of rotatable bonds is 5. The Morgan fingerprint density at radius 2 is 1.75 bits per heavy atom. The third-order valence-corrected chi connectivity index (χ3v) is 7.02. The molecule has 6 heteroatoms. The average molecular weight is 387 g/mol. The second-order valence-corrected chi connectivity index (χ2v) is 9.59. The molecule has 1 aromatic carbocycles. The highest BCUT2D eigenvalue weighted by atomic mass is 19.1. The SMILES string of the molecule is O=C(NC1CC1)C(OC(=O)C12CC3CC(CC(O)(C3)C1)C2)c1ccc(F)cc1. The molecule has 6 rings (SSSR count). The minimum absolute atomic E-state index is 0.134. The number of halogens is 1. The van der Waals surface area contributed by atoms with E-state index in [9.17, 15) is 19.1 Å². The molecule has 5 saturated carbocycles. The Balaban J connectivity index is 1.39. The van der Waals surface area contributed by atoms with Crippen molar-refractivity contribution in [2.75, 3.05) is 0 Å².